The second kappa shape index (κ2) is 4.69. The third-order valence-corrected chi connectivity index (χ3v) is 2.98. The molecule has 3 nitrogen and oxygen atoms in total. The molecule has 0 fully saturated rings. The van der Waals surface area contributed by atoms with Gasteiger partial charge in [0.2, 0.25) is 0 Å². The fourth-order valence-corrected chi connectivity index (χ4v) is 2.04. The van der Waals surface area contributed by atoms with Crippen LogP contribution in [0.1, 0.15) is 11.1 Å². The Labute approximate surface area is 98.1 Å². The molecule has 0 amide bonds. The number of benzene rings is 1. The van der Waals surface area contributed by atoms with Crippen molar-refractivity contribution in [3.63, 3.8) is 0 Å². The molecule has 0 aliphatic heterocycles. The highest BCUT2D eigenvalue weighted by Crippen LogP contribution is 2.18. The second-order valence-electron chi connectivity index (χ2n) is 3.40. The van der Waals surface area contributed by atoms with E-state index in [4.69, 9.17) is 11.0 Å². The highest BCUT2D eigenvalue weighted by Gasteiger charge is 1.99. The first-order valence-electron chi connectivity index (χ1n) is 4.84. The van der Waals surface area contributed by atoms with E-state index in [9.17, 15) is 0 Å². The Kier molecular flexibility index (Phi) is 3.08. The van der Waals surface area contributed by atoms with Crippen molar-refractivity contribution in [3.05, 3.63) is 46.2 Å². The van der Waals surface area contributed by atoms with Gasteiger partial charge in [-0.25, -0.2) is 0 Å². The molecule has 0 unspecified atom stereocenters. The van der Waals surface area contributed by atoms with Gasteiger partial charge in [-0.15, -0.1) is 0 Å². The summed E-state index contributed by atoms with van der Waals surface area (Å²) >= 11 is 1.68. The molecule has 0 aliphatic rings. The lowest BCUT2D eigenvalue weighted by atomic mass is 10.2. The molecule has 16 heavy (non-hydrogen) atoms. The first-order chi connectivity index (χ1) is 7.79. The first-order valence-corrected chi connectivity index (χ1v) is 5.78. The van der Waals surface area contributed by atoms with Crippen LogP contribution in [-0.2, 0) is 6.54 Å². The van der Waals surface area contributed by atoms with Gasteiger partial charge in [-0.1, -0.05) is 0 Å². The Balaban J connectivity index is 2.06. The average Bonchev–Trinajstić information content (AvgIpc) is 2.79. The maximum atomic E-state index is 8.74. The molecule has 0 bridgehead atoms. The number of hydrogen-bond acceptors (Lipinski definition) is 4. The van der Waals surface area contributed by atoms with Crippen molar-refractivity contribution in [1.82, 2.24) is 0 Å². The van der Waals surface area contributed by atoms with E-state index in [0.717, 1.165) is 12.2 Å². The predicted octanol–water partition coefficient (Wildman–Crippen LogP) is 2.81. The number of anilines is 2. The molecule has 3 N–H and O–H groups in total. The fraction of sp³-hybridized carbons (Fsp3) is 0.0833. The van der Waals surface area contributed by atoms with Gasteiger partial charge in [0.1, 0.15) is 6.07 Å². The van der Waals surface area contributed by atoms with E-state index in [1.54, 1.807) is 23.5 Å². The molecule has 0 aliphatic carbocycles. The Morgan fingerprint density at radius 2 is 2.25 bits per heavy atom. The van der Waals surface area contributed by atoms with Crippen molar-refractivity contribution in [1.29, 1.82) is 5.26 Å². The van der Waals surface area contributed by atoms with Crippen molar-refractivity contribution in [2.75, 3.05) is 11.1 Å². The van der Waals surface area contributed by atoms with Gasteiger partial charge in [-0.3, -0.25) is 0 Å². The van der Waals surface area contributed by atoms with Crippen LogP contribution >= 0.6 is 11.3 Å². The van der Waals surface area contributed by atoms with Gasteiger partial charge in [0.05, 0.1) is 11.3 Å². The van der Waals surface area contributed by atoms with Gasteiger partial charge >= 0.3 is 0 Å². The number of nitriles is 1. The lowest BCUT2D eigenvalue weighted by Gasteiger charge is -2.06. The van der Waals surface area contributed by atoms with E-state index in [-0.39, 0.29) is 0 Å². The summed E-state index contributed by atoms with van der Waals surface area (Å²) in [5, 5.41) is 16.1. The van der Waals surface area contributed by atoms with E-state index in [1.807, 2.05) is 17.5 Å². The summed E-state index contributed by atoms with van der Waals surface area (Å²) < 4.78 is 0. The van der Waals surface area contributed by atoms with Crippen LogP contribution in [0.3, 0.4) is 0 Å². The molecule has 0 saturated heterocycles. The number of nitrogens with one attached hydrogen (secondary N) is 1. The number of nitrogen functional groups attached to an aromatic ring is 1. The molecule has 2 aromatic rings. The maximum Gasteiger partial charge on any atom is 0.101 e. The van der Waals surface area contributed by atoms with Crippen LogP contribution in [0.2, 0.25) is 0 Å². The van der Waals surface area contributed by atoms with E-state index in [2.05, 4.69) is 16.8 Å². The average molecular weight is 229 g/mol. The molecule has 1 aromatic heterocycles. The third kappa shape index (κ3) is 2.33. The van der Waals surface area contributed by atoms with Crippen molar-refractivity contribution in [2.24, 2.45) is 0 Å². The molecule has 1 aromatic carbocycles. The van der Waals surface area contributed by atoms with Crippen LogP contribution in [-0.4, -0.2) is 0 Å². The smallest absolute Gasteiger partial charge is 0.101 e. The van der Waals surface area contributed by atoms with Gasteiger partial charge in [0, 0.05) is 12.2 Å². The number of hydrogen-bond donors (Lipinski definition) is 2. The maximum absolute atomic E-state index is 8.74. The topological polar surface area (TPSA) is 61.8 Å². The molecular formula is C12H11N3S. The zero-order chi connectivity index (χ0) is 11.4. The Morgan fingerprint density at radius 1 is 1.38 bits per heavy atom. The molecule has 4 heteroatoms. The summed E-state index contributed by atoms with van der Waals surface area (Å²) in [6.07, 6.45) is 0. The fourth-order valence-electron chi connectivity index (χ4n) is 1.37. The molecule has 1 heterocycles. The van der Waals surface area contributed by atoms with Crippen LogP contribution in [0.25, 0.3) is 0 Å². The Bertz CT molecular complexity index is 512. The normalized spacial score (nSPS) is 9.69. The zero-order valence-electron chi connectivity index (χ0n) is 8.60. The van der Waals surface area contributed by atoms with Crippen LogP contribution in [0.5, 0.6) is 0 Å². The Morgan fingerprint density at radius 3 is 2.88 bits per heavy atom. The summed E-state index contributed by atoms with van der Waals surface area (Å²) in [5.41, 5.74) is 8.92. The highest BCUT2D eigenvalue weighted by molar-refractivity contribution is 7.07. The summed E-state index contributed by atoms with van der Waals surface area (Å²) in [6.45, 7) is 0.773. The van der Waals surface area contributed by atoms with Crippen LogP contribution in [0.4, 0.5) is 11.4 Å². The summed E-state index contributed by atoms with van der Waals surface area (Å²) in [6, 6.07) is 9.49. The SMILES string of the molecule is N#Cc1ccc(NCc2ccsc2)cc1N. The summed E-state index contributed by atoms with van der Waals surface area (Å²) in [5.74, 6) is 0. The van der Waals surface area contributed by atoms with Crippen LogP contribution in [0, 0.1) is 11.3 Å². The van der Waals surface area contributed by atoms with Gasteiger partial charge < -0.3 is 11.1 Å². The van der Waals surface area contributed by atoms with Gasteiger partial charge in [-0.05, 0) is 40.6 Å². The number of nitrogens with two attached hydrogens (primary N) is 1. The highest BCUT2D eigenvalue weighted by atomic mass is 32.1. The third-order valence-electron chi connectivity index (χ3n) is 2.25. The van der Waals surface area contributed by atoms with E-state index < -0.39 is 0 Å². The molecule has 0 radical (unpaired) electrons. The van der Waals surface area contributed by atoms with E-state index in [1.165, 1.54) is 5.56 Å². The zero-order valence-corrected chi connectivity index (χ0v) is 9.42. The van der Waals surface area contributed by atoms with Gasteiger partial charge in [0.25, 0.3) is 0 Å². The second-order valence-corrected chi connectivity index (χ2v) is 4.18. The number of thiophene rings is 1. The molecule has 0 spiro atoms. The van der Waals surface area contributed by atoms with Crippen molar-refractivity contribution in [2.45, 2.75) is 6.54 Å². The van der Waals surface area contributed by atoms with E-state index in [0.29, 0.717) is 11.3 Å². The van der Waals surface area contributed by atoms with Crippen molar-refractivity contribution in [3.8, 4) is 6.07 Å². The minimum absolute atomic E-state index is 0.512. The number of rotatable bonds is 3. The molecular weight excluding hydrogens is 218 g/mol. The van der Waals surface area contributed by atoms with Crippen molar-refractivity contribution >= 4 is 22.7 Å². The predicted molar refractivity (Wildman–Crippen MR) is 67.2 cm³/mol. The number of nitrogens with zero attached hydrogens (tertiary/aromatic N) is 1. The molecule has 80 valence electrons. The van der Waals surface area contributed by atoms with Crippen LogP contribution < -0.4 is 11.1 Å². The Hall–Kier alpha value is -1.99. The van der Waals surface area contributed by atoms with E-state index >= 15 is 0 Å². The summed E-state index contributed by atoms with van der Waals surface area (Å²) in [7, 11) is 0. The standard InChI is InChI=1S/C12H11N3S/c13-6-10-1-2-11(5-12(10)14)15-7-9-3-4-16-8-9/h1-5,8,15H,7,14H2. The lowest BCUT2D eigenvalue weighted by Crippen LogP contribution is -1.99. The van der Waals surface area contributed by atoms with Crippen LogP contribution in [0.15, 0.2) is 35.0 Å². The molecule has 2 rings (SSSR count). The quantitative estimate of drug-likeness (QED) is 0.795. The summed E-state index contributed by atoms with van der Waals surface area (Å²) in [4.78, 5) is 0. The largest absolute Gasteiger partial charge is 0.398 e. The van der Waals surface area contributed by atoms with Gasteiger partial charge in [-0.2, -0.15) is 16.6 Å². The minimum atomic E-state index is 0.512. The van der Waals surface area contributed by atoms with Gasteiger partial charge in [0.15, 0.2) is 0 Å². The molecule has 0 saturated carbocycles. The lowest BCUT2D eigenvalue weighted by molar-refractivity contribution is 1.16. The monoisotopic (exact) mass is 229 g/mol. The molecule has 0 atom stereocenters. The minimum Gasteiger partial charge on any atom is -0.398 e. The first kappa shape index (κ1) is 10.5. The van der Waals surface area contributed by atoms with Crippen molar-refractivity contribution < 1.29 is 0 Å².